The Morgan fingerprint density at radius 2 is 2.29 bits per heavy atom. The minimum Gasteiger partial charge on any atom is -0.327 e. The van der Waals surface area contributed by atoms with Gasteiger partial charge in [0.25, 0.3) is 0 Å². The lowest BCUT2D eigenvalue weighted by molar-refractivity contribution is 0.548. The van der Waals surface area contributed by atoms with Crippen LogP contribution in [0, 0.1) is 0 Å². The third-order valence-electron chi connectivity index (χ3n) is 2.69. The number of benzene rings is 1. The molecule has 1 aliphatic heterocycles. The molecule has 2 rings (SSSR count). The number of hydrogen-bond acceptors (Lipinski definition) is 2. The van der Waals surface area contributed by atoms with Crippen LogP contribution >= 0.6 is 27.7 Å². The van der Waals surface area contributed by atoms with Crippen molar-refractivity contribution in [3.8, 4) is 0 Å². The van der Waals surface area contributed by atoms with Crippen molar-refractivity contribution >= 4 is 27.7 Å². The number of halogens is 1. The Balaban J connectivity index is 2.20. The Morgan fingerprint density at radius 3 is 3.00 bits per heavy atom. The molecular formula is C11H14BrNS. The molecule has 2 unspecified atom stereocenters. The van der Waals surface area contributed by atoms with Gasteiger partial charge in [-0.1, -0.05) is 28.1 Å². The van der Waals surface area contributed by atoms with Crippen LogP contribution in [0.1, 0.15) is 17.9 Å². The lowest BCUT2D eigenvalue weighted by Crippen LogP contribution is -2.33. The highest BCUT2D eigenvalue weighted by molar-refractivity contribution is 9.10. The molecule has 2 atom stereocenters. The van der Waals surface area contributed by atoms with Gasteiger partial charge >= 0.3 is 0 Å². The maximum absolute atomic E-state index is 6.13. The molecule has 0 bridgehead atoms. The topological polar surface area (TPSA) is 26.0 Å². The number of thioether (sulfide) groups is 1. The molecule has 1 saturated heterocycles. The van der Waals surface area contributed by atoms with Gasteiger partial charge in [0.2, 0.25) is 0 Å². The summed E-state index contributed by atoms with van der Waals surface area (Å²) in [5.74, 6) is 2.91. The monoisotopic (exact) mass is 271 g/mol. The van der Waals surface area contributed by atoms with E-state index in [1.165, 1.54) is 11.3 Å². The largest absolute Gasteiger partial charge is 0.327 e. The average molecular weight is 272 g/mol. The first-order chi connectivity index (χ1) is 6.77. The smallest absolute Gasteiger partial charge is 0.0178 e. The fraction of sp³-hybridized carbons (Fsp3) is 0.455. The van der Waals surface area contributed by atoms with Gasteiger partial charge in [0.1, 0.15) is 0 Å². The van der Waals surface area contributed by atoms with Crippen molar-refractivity contribution < 1.29 is 0 Å². The third-order valence-corrected chi connectivity index (χ3v) is 4.30. The number of rotatable bonds is 1. The molecular weight excluding hydrogens is 258 g/mol. The van der Waals surface area contributed by atoms with Crippen LogP contribution in [0.5, 0.6) is 0 Å². The quantitative estimate of drug-likeness (QED) is 0.850. The molecule has 1 aromatic rings. The molecule has 1 nitrogen and oxygen atoms in total. The third kappa shape index (κ3) is 2.33. The summed E-state index contributed by atoms with van der Waals surface area (Å²) < 4.78 is 1.15. The second-order valence-electron chi connectivity index (χ2n) is 3.69. The maximum atomic E-state index is 6.13. The van der Waals surface area contributed by atoms with Crippen molar-refractivity contribution in [3.05, 3.63) is 34.3 Å². The van der Waals surface area contributed by atoms with Gasteiger partial charge in [-0.3, -0.25) is 0 Å². The summed E-state index contributed by atoms with van der Waals surface area (Å²) in [6.07, 6.45) is 1.14. The molecule has 0 saturated carbocycles. The summed E-state index contributed by atoms with van der Waals surface area (Å²) in [5.41, 5.74) is 7.51. The van der Waals surface area contributed by atoms with Crippen LogP contribution in [0.2, 0.25) is 0 Å². The molecule has 0 radical (unpaired) electrons. The SMILES string of the molecule is NC1CCSCC1c1cccc(Br)c1. The first-order valence-electron chi connectivity index (χ1n) is 4.86. The van der Waals surface area contributed by atoms with Crippen LogP contribution in [0.4, 0.5) is 0 Å². The van der Waals surface area contributed by atoms with Crippen molar-refractivity contribution in [2.24, 2.45) is 5.73 Å². The van der Waals surface area contributed by atoms with Crippen molar-refractivity contribution in [2.45, 2.75) is 18.4 Å². The Hall–Kier alpha value is 0.01000. The van der Waals surface area contributed by atoms with Gasteiger partial charge in [0, 0.05) is 22.2 Å². The minimum absolute atomic E-state index is 0.338. The van der Waals surface area contributed by atoms with Crippen LogP contribution in [-0.2, 0) is 0 Å². The van der Waals surface area contributed by atoms with E-state index in [0.717, 1.165) is 16.6 Å². The van der Waals surface area contributed by atoms with Gasteiger partial charge in [-0.2, -0.15) is 11.8 Å². The molecule has 1 fully saturated rings. The summed E-state index contributed by atoms with van der Waals surface area (Å²) in [6.45, 7) is 0. The fourth-order valence-corrected chi connectivity index (χ4v) is 3.55. The second kappa shape index (κ2) is 4.69. The fourth-order valence-electron chi connectivity index (χ4n) is 1.84. The molecule has 0 spiro atoms. The van der Waals surface area contributed by atoms with E-state index in [9.17, 15) is 0 Å². The molecule has 3 heteroatoms. The predicted molar refractivity (Wildman–Crippen MR) is 66.8 cm³/mol. The number of nitrogens with two attached hydrogens (primary N) is 1. The maximum Gasteiger partial charge on any atom is 0.0178 e. The van der Waals surface area contributed by atoms with E-state index in [2.05, 4.69) is 40.2 Å². The molecule has 1 heterocycles. The van der Waals surface area contributed by atoms with Gasteiger partial charge in [-0.15, -0.1) is 0 Å². The molecule has 2 N–H and O–H groups in total. The first-order valence-corrected chi connectivity index (χ1v) is 6.81. The van der Waals surface area contributed by atoms with Crippen molar-refractivity contribution in [1.29, 1.82) is 0 Å². The van der Waals surface area contributed by atoms with E-state index in [1.54, 1.807) is 0 Å². The lowest BCUT2D eigenvalue weighted by Gasteiger charge is -2.28. The van der Waals surface area contributed by atoms with Crippen molar-refractivity contribution in [2.75, 3.05) is 11.5 Å². The Bertz CT molecular complexity index is 316. The minimum atomic E-state index is 0.338. The molecule has 0 amide bonds. The number of hydrogen-bond donors (Lipinski definition) is 1. The van der Waals surface area contributed by atoms with E-state index < -0.39 is 0 Å². The zero-order chi connectivity index (χ0) is 9.97. The zero-order valence-electron chi connectivity index (χ0n) is 7.95. The molecule has 0 aromatic heterocycles. The van der Waals surface area contributed by atoms with Crippen LogP contribution in [0.3, 0.4) is 0 Å². The van der Waals surface area contributed by atoms with Crippen molar-refractivity contribution in [1.82, 2.24) is 0 Å². The van der Waals surface area contributed by atoms with E-state index >= 15 is 0 Å². The van der Waals surface area contributed by atoms with Crippen LogP contribution < -0.4 is 5.73 Å². The highest BCUT2D eigenvalue weighted by Crippen LogP contribution is 2.31. The molecule has 76 valence electrons. The van der Waals surface area contributed by atoms with Crippen LogP contribution in [-0.4, -0.2) is 17.5 Å². The summed E-state index contributed by atoms with van der Waals surface area (Å²) >= 11 is 5.51. The second-order valence-corrected chi connectivity index (χ2v) is 5.75. The first kappa shape index (κ1) is 10.5. The van der Waals surface area contributed by atoms with Crippen molar-refractivity contribution in [3.63, 3.8) is 0 Å². The summed E-state index contributed by atoms with van der Waals surface area (Å²) in [4.78, 5) is 0. The molecule has 1 aromatic carbocycles. The summed E-state index contributed by atoms with van der Waals surface area (Å²) in [7, 11) is 0. The standard InChI is InChI=1S/C11H14BrNS/c12-9-3-1-2-8(6-9)10-7-14-5-4-11(10)13/h1-3,6,10-11H,4-5,7,13H2. The molecule has 0 aliphatic carbocycles. The van der Waals surface area contributed by atoms with Crippen LogP contribution in [0.15, 0.2) is 28.7 Å². The Kier molecular flexibility index (Phi) is 3.52. The summed E-state index contributed by atoms with van der Waals surface area (Å²) in [5, 5.41) is 0. The average Bonchev–Trinajstić information content (AvgIpc) is 2.18. The zero-order valence-corrected chi connectivity index (χ0v) is 10.4. The Labute approximate surface area is 97.6 Å². The van der Waals surface area contributed by atoms with Gasteiger partial charge < -0.3 is 5.73 Å². The molecule has 14 heavy (non-hydrogen) atoms. The van der Waals surface area contributed by atoms with Gasteiger partial charge in [0.05, 0.1) is 0 Å². The lowest BCUT2D eigenvalue weighted by atomic mass is 9.92. The van der Waals surface area contributed by atoms with Gasteiger partial charge in [-0.25, -0.2) is 0 Å². The summed E-state index contributed by atoms with van der Waals surface area (Å²) in [6, 6.07) is 8.86. The van der Waals surface area contributed by atoms with E-state index in [0.29, 0.717) is 12.0 Å². The predicted octanol–water partition coefficient (Wildman–Crippen LogP) is 3.00. The Morgan fingerprint density at radius 1 is 1.43 bits per heavy atom. The van der Waals surface area contributed by atoms with Gasteiger partial charge in [0.15, 0.2) is 0 Å². The van der Waals surface area contributed by atoms with Crippen LogP contribution in [0.25, 0.3) is 0 Å². The van der Waals surface area contributed by atoms with Gasteiger partial charge in [-0.05, 0) is 29.9 Å². The van der Waals surface area contributed by atoms with E-state index in [1.807, 2.05) is 11.8 Å². The highest BCUT2D eigenvalue weighted by Gasteiger charge is 2.23. The molecule has 1 aliphatic rings. The normalized spacial score (nSPS) is 27.6. The van der Waals surface area contributed by atoms with E-state index in [-0.39, 0.29) is 0 Å². The van der Waals surface area contributed by atoms with E-state index in [4.69, 9.17) is 5.73 Å². The highest BCUT2D eigenvalue weighted by atomic mass is 79.9.